The molecule has 6 rings (SSSR count). The molecule has 280 valence electrons. The Morgan fingerprint density at radius 3 is 1.78 bits per heavy atom. The van der Waals surface area contributed by atoms with Crippen molar-refractivity contribution in [1.29, 1.82) is 0 Å². The molecule has 0 bridgehead atoms. The fourth-order valence-electron chi connectivity index (χ4n) is 5.12. The van der Waals surface area contributed by atoms with E-state index in [1.807, 2.05) is 0 Å². The SMILES string of the molecule is O=C1C(=NNc2ccc3ccccc3c2S(=O)(=O)[O-])C(S(=O)(=O)[O-])=Cc2cc(S(=O)(=O)[O-])cc(Nc3nc(Cl)nc(Nc4ccc(S(=O)(=O)[O-])cc4)n3)c21.[Na+].[Na+].[Na+].[Na+]. The predicted octanol–water partition coefficient (Wildman–Crippen LogP) is -9.56. The Hall–Kier alpha value is -1.44. The normalized spacial score (nSPS) is 13.4. The number of hydrazone groups is 1. The maximum absolute atomic E-state index is 14.0. The summed E-state index contributed by atoms with van der Waals surface area (Å²) in [7, 11) is -21.0. The van der Waals surface area contributed by atoms with Gasteiger partial charge >= 0.3 is 118 Å². The molecule has 0 atom stereocenters. The number of halogens is 1. The van der Waals surface area contributed by atoms with Crippen LogP contribution in [0, 0.1) is 0 Å². The summed E-state index contributed by atoms with van der Waals surface area (Å²) in [6, 6.07) is 13.9. The van der Waals surface area contributed by atoms with Crippen molar-refractivity contribution in [2.24, 2.45) is 5.10 Å². The van der Waals surface area contributed by atoms with Crippen molar-refractivity contribution in [3.63, 3.8) is 0 Å². The number of allylic oxidation sites excluding steroid dienone is 1. The number of nitrogens with zero attached hydrogens (tertiary/aromatic N) is 4. The predicted molar refractivity (Wildman–Crippen MR) is 185 cm³/mol. The number of hydrogen-bond acceptors (Lipinski definition) is 20. The molecule has 0 unspecified atom stereocenters. The van der Waals surface area contributed by atoms with Crippen molar-refractivity contribution in [1.82, 2.24) is 15.0 Å². The number of rotatable bonds is 10. The average molecular weight is 926 g/mol. The van der Waals surface area contributed by atoms with E-state index in [2.05, 4.69) is 36.1 Å². The van der Waals surface area contributed by atoms with E-state index < -0.39 is 105 Å². The third kappa shape index (κ3) is 12.1. The minimum Gasteiger partial charge on any atom is -0.744 e. The summed E-state index contributed by atoms with van der Waals surface area (Å²) in [6.45, 7) is 0. The third-order valence-electron chi connectivity index (χ3n) is 7.33. The number of nitrogens with one attached hydrogen (secondary N) is 3. The van der Waals surface area contributed by atoms with E-state index in [-0.39, 0.29) is 135 Å². The monoisotopic (exact) mass is 925 g/mol. The summed E-state index contributed by atoms with van der Waals surface area (Å²) in [4.78, 5) is 22.0. The van der Waals surface area contributed by atoms with Crippen molar-refractivity contribution >= 4 is 109 Å². The van der Waals surface area contributed by atoms with Crippen LogP contribution in [0.1, 0.15) is 15.9 Å². The molecule has 4 aromatic carbocycles. The molecule has 0 saturated heterocycles. The van der Waals surface area contributed by atoms with Crippen LogP contribution >= 0.6 is 11.6 Å². The maximum atomic E-state index is 14.0. The van der Waals surface area contributed by atoms with Gasteiger partial charge in [0.2, 0.25) is 23.0 Å². The van der Waals surface area contributed by atoms with Gasteiger partial charge in [0, 0.05) is 11.1 Å². The molecular formula is C29H16ClN7Na4O13S4. The van der Waals surface area contributed by atoms with Crippen LogP contribution in [0.3, 0.4) is 0 Å². The summed E-state index contributed by atoms with van der Waals surface area (Å²) < 4.78 is 144. The molecule has 0 amide bonds. The van der Waals surface area contributed by atoms with E-state index in [1.165, 1.54) is 36.4 Å². The van der Waals surface area contributed by atoms with Gasteiger partial charge in [0.25, 0.3) is 0 Å². The smallest absolute Gasteiger partial charge is 0.744 e. The van der Waals surface area contributed by atoms with Gasteiger partial charge in [-0.15, -0.1) is 0 Å². The quantitative estimate of drug-likeness (QED) is 0.0665. The van der Waals surface area contributed by atoms with E-state index >= 15 is 0 Å². The van der Waals surface area contributed by atoms with Crippen LogP contribution < -0.4 is 134 Å². The molecule has 0 spiro atoms. The minimum atomic E-state index is -5.62. The van der Waals surface area contributed by atoms with E-state index in [1.54, 1.807) is 6.07 Å². The number of hydrogen-bond donors (Lipinski definition) is 3. The summed E-state index contributed by atoms with van der Waals surface area (Å²) in [5.41, 5.74) is -1.06. The first-order valence-corrected chi connectivity index (χ1v) is 20.3. The molecule has 1 heterocycles. The molecule has 0 radical (unpaired) electrons. The molecule has 0 saturated carbocycles. The molecule has 3 N–H and O–H groups in total. The second kappa shape index (κ2) is 20.2. The molecule has 29 heteroatoms. The van der Waals surface area contributed by atoms with Crippen LogP contribution in [0.4, 0.5) is 29.0 Å². The van der Waals surface area contributed by atoms with E-state index in [4.69, 9.17) is 11.6 Å². The Labute approximate surface area is 423 Å². The third-order valence-corrected chi connectivity index (χ3v) is 11.0. The number of carbonyl (C=O) groups is 1. The molecule has 58 heavy (non-hydrogen) atoms. The van der Waals surface area contributed by atoms with Crippen molar-refractivity contribution in [3.05, 3.63) is 94.1 Å². The summed E-state index contributed by atoms with van der Waals surface area (Å²) in [5.74, 6) is -2.23. The molecule has 20 nitrogen and oxygen atoms in total. The zero-order valence-corrected chi connectivity index (χ0v) is 42.1. The average Bonchev–Trinajstić information content (AvgIpc) is 3.05. The van der Waals surface area contributed by atoms with Crippen LogP contribution in [0.2, 0.25) is 5.28 Å². The zero-order valence-electron chi connectivity index (χ0n) is 30.1. The Kier molecular flexibility index (Phi) is 18.3. The second-order valence-electron chi connectivity index (χ2n) is 10.9. The topological polar surface area (TPSA) is 333 Å². The number of Topliss-reactive ketones (excluding diaryl/α,β-unsaturated/α-hetero) is 1. The summed E-state index contributed by atoms with van der Waals surface area (Å²) in [6.07, 6.45) is 0.546. The number of ketones is 1. The molecule has 5 aromatic rings. The van der Waals surface area contributed by atoms with Crippen LogP contribution in [-0.2, 0) is 40.5 Å². The maximum Gasteiger partial charge on any atom is 1.00 e. The molecule has 0 fully saturated rings. The number of benzene rings is 4. The molecule has 0 aliphatic heterocycles. The fourth-order valence-corrected chi connectivity index (χ4v) is 7.76. The van der Waals surface area contributed by atoms with Crippen molar-refractivity contribution < 1.29 is 175 Å². The number of carbonyl (C=O) groups excluding carboxylic acids is 1. The first-order chi connectivity index (χ1) is 25.1. The van der Waals surface area contributed by atoms with Crippen molar-refractivity contribution in [3.8, 4) is 0 Å². The Balaban J connectivity index is 0.00000290. The van der Waals surface area contributed by atoms with E-state index in [0.717, 1.165) is 18.2 Å². The van der Waals surface area contributed by atoms with Crippen LogP contribution in [0.15, 0.2) is 97.5 Å². The Morgan fingerprint density at radius 1 is 0.621 bits per heavy atom. The standard InChI is InChI=1S/C29H20ClN7O13S4.4Na/c30-27-33-28(31-16-6-8-17(9-7-16)51(39,40)41)35-29(34-27)32-21-13-18(52(42,43)44)11-15-12-22(53(45,46)47)24(25(38)23(15)21)37-36-20-10-5-14-3-1-2-4-19(14)26(20)54(48,49)50;;;;/h1-13,36H,(H,39,40,41)(H,42,43,44)(H,45,46,47)(H,48,49,50)(H2,31,32,33,34,35);;;;/q;4*+1/p-4. The van der Waals surface area contributed by atoms with Gasteiger partial charge < -0.3 is 28.8 Å². The largest absolute Gasteiger partial charge is 1.00 e. The molecule has 1 aliphatic rings. The van der Waals surface area contributed by atoms with Gasteiger partial charge in [0.15, 0.2) is 0 Å². The van der Waals surface area contributed by atoms with Crippen molar-refractivity contribution in [2.75, 3.05) is 16.1 Å². The van der Waals surface area contributed by atoms with Gasteiger partial charge in [-0.05, 0) is 71.1 Å². The van der Waals surface area contributed by atoms with Crippen molar-refractivity contribution in [2.45, 2.75) is 14.7 Å². The van der Waals surface area contributed by atoms with Gasteiger partial charge in [-0.3, -0.25) is 10.2 Å². The zero-order chi connectivity index (χ0) is 39.4. The van der Waals surface area contributed by atoms with Crippen LogP contribution in [0.5, 0.6) is 0 Å². The first kappa shape index (κ1) is 52.7. The van der Waals surface area contributed by atoms with Gasteiger partial charge in [0.05, 0.1) is 36.5 Å². The summed E-state index contributed by atoms with van der Waals surface area (Å²) >= 11 is 6.04. The van der Waals surface area contributed by atoms with E-state index in [0.29, 0.717) is 23.6 Å². The summed E-state index contributed by atoms with van der Waals surface area (Å²) in [5, 5.41) is 8.59. The molecule has 1 aliphatic carbocycles. The molecule has 1 aromatic heterocycles. The van der Waals surface area contributed by atoms with Gasteiger partial charge in [-0.1, -0.05) is 30.3 Å². The van der Waals surface area contributed by atoms with Gasteiger partial charge in [-0.25, -0.2) is 33.7 Å². The van der Waals surface area contributed by atoms with Crippen LogP contribution in [-0.4, -0.2) is 78.3 Å². The number of anilines is 5. The number of fused-ring (bicyclic) bond motifs is 2. The second-order valence-corrected chi connectivity index (χ2v) is 16.6. The fraction of sp³-hybridized carbons (Fsp3) is 0. The first-order valence-electron chi connectivity index (χ1n) is 14.3. The Bertz CT molecular complexity index is 2960. The number of aromatic nitrogens is 3. The molecular weight excluding hydrogens is 910 g/mol. The Morgan fingerprint density at radius 2 is 1.21 bits per heavy atom. The minimum absolute atomic E-state index is 0. The van der Waals surface area contributed by atoms with Crippen LogP contribution in [0.25, 0.3) is 16.8 Å². The van der Waals surface area contributed by atoms with Gasteiger partial charge in [0.1, 0.15) is 46.2 Å². The van der Waals surface area contributed by atoms with E-state index in [9.17, 15) is 56.7 Å². The van der Waals surface area contributed by atoms with Gasteiger partial charge in [-0.2, -0.15) is 20.1 Å².